The third-order valence-electron chi connectivity index (χ3n) is 3.86. The molecule has 114 valence electrons. The maximum atomic E-state index is 9.24. The van der Waals surface area contributed by atoms with Crippen molar-refractivity contribution in [1.29, 1.82) is 0 Å². The monoisotopic (exact) mass is 278 g/mol. The van der Waals surface area contributed by atoms with E-state index in [9.17, 15) is 5.11 Å². The number of aromatic hydroxyl groups is 1. The molecule has 0 amide bonds. The standard InChI is InChI=1S/C17H30N2O/c1-14(2)19(4)13-5-12-18-15(3)6-7-16-8-10-17(20)11-9-16/h8-11,14-15,18,20H,5-7,12-13H2,1-4H3. The Hall–Kier alpha value is -1.06. The number of phenolic OH excluding ortho intramolecular Hbond substituents is 1. The van der Waals surface area contributed by atoms with E-state index in [4.69, 9.17) is 0 Å². The van der Waals surface area contributed by atoms with Gasteiger partial charge in [0.15, 0.2) is 0 Å². The first-order valence-corrected chi connectivity index (χ1v) is 7.70. The van der Waals surface area contributed by atoms with Crippen LogP contribution in [0.5, 0.6) is 5.75 Å². The molecule has 2 N–H and O–H groups in total. The Morgan fingerprint density at radius 2 is 1.80 bits per heavy atom. The second-order valence-corrected chi connectivity index (χ2v) is 5.99. The highest BCUT2D eigenvalue weighted by Crippen LogP contribution is 2.11. The van der Waals surface area contributed by atoms with E-state index in [-0.39, 0.29) is 0 Å². The van der Waals surface area contributed by atoms with Gasteiger partial charge >= 0.3 is 0 Å². The summed E-state index contributed by atoms with van der Waals surface area (Å²) in [6, 6.07) is 8.68. The number of phenols is 1. The molecular weight excluding hydrogens is 248 g/mol. The van der Waals surface area contributed by atoms with E-state index in [1.54, 1.807) is 12.1 Å². The molecule has 0 radical (unpaired) electrons. The molecule has 0 aliphatic heterocycles. The molecule has 3 heteroatoms. The summed E-state index contributed by atoms with van der Waals surface area (Å²) >= 11 is 0. The van der Waals surface area contributed by atoms with Crippen LogP contribution in [0.4, 0.5) is 0 Å². The third kappa shape index (κ3) is 6.92. The van der Waals surface area contributed by atoms with Crippen molar-refractivity contribution < 1.29 is 5.11 Å². The highest BCUT2D eigenvalue weighted by atomic mass is 16.3. The fourth-order valence-corrected chi connectivity index (χ4v) is 2.08. The Morgan fingerprint density at radius 3 is 2.40 bits per heavy atom. The lowest BCUT2D eigenvalue weighted by Gasteiger charge is -2.21. The van der Waals surface area contributed by atoms with Gasteiger partial charge in [-0.3, -0.25) is 0 Å². The van der Waals surface area contributed by atoms with Crippen molar-refractivity contribution in [3.8, 4) is 5.75 Å². The van der Waals surface area contributed by atoms with Crippen molar-refractivity contribution in [2.24, 2.45) is 0 Å². The zero-order valence-corrected chi connectivity index (χ0v) is 13.4. The van der Waals surface area contributed by atoms with Gasteiger partial charge in [0.05, 0.1) is 0 Å². The number of nitrogens with zero attached hydrogens (tertiary/aromatic N) is 1. The number of aryl methyl sites for hydroxylation is 1. The molecule has 0 aliphatic carbocycles. The molecule has 3 nitrogen and oxygen atoms in total. The van der Waals surface area contributed by atoms with Crippen LogP contribution in [-0.4, -0.2) is 42.2 Å². The van der Waals surface area contributed by atoms with Crippen LogP contribution in [0.2, 0.25) is 0 Å². The molecule has 1 aromatic carbocycles. The molecule has 1 rings (SSSR count). The van der Waals surface area contributed by atoms with E-state index in [2.05, 4.69) is 38.0 Å². The summed E-state index contributed by atoms with van der Waals surface area (Å²) in [5, 5.41) is 12.8. The van der Waals surface area contributed by atoms with Crippen LogP contribution in [0.25, 0.3) is 0 Å². The summed E-state index contributed by atoms with van der Waals surface area (Å²) in [5.74, 6) is 0.342. The predicted molar refractivity (Wildman–Crippen MR) is 86.3 cm³/mol. The Labute approximate surface area is 124 Å². The second-order valence-electron chi connectivity index (χ2n) is 5.99. The molecule has 1 aromatic rings. The van der Waals surface area contributed by atoms with Gasteiger partial charge in [0.25, 0.3) is 0 Å². The largest absolute Gasteiger partial charge is 0.508 e. The van der Waals surface area contributed by atoms with E-state index in [1.807, 2.05) is 12.1 Å². The topological polar surface area (TPSA) is 35.5 Å². The smallest absolute Gasteiger partial charge is 0.115 e. The normalized spacial score (nSPS) is 13.1. The zero-order chi connectivity index (χ0) is 15.0. The molecule has 1 unspecified atom stereocenters. The Morgan fingerprint density at radius 1 is 1.15 bits per heavy atom. The van der Waals surface area contributed by atoms with Gasteiger partial charge in [-0.2, -0.15) is 0 Å². The molecule has 0 saturated heterocycles. The van der Waals surface area contributed by atoms with Crippen molar-refractivity contribution in [1.82, 2.24) is 10.2 Å². The minimum atomic E-state index is 0.342. The van der Waals surface area contributed by atoms with Gasteiger partial charge in [-0.15, -0.1) is 0 Å². The summed E-state index contributed by atoms with van der Waals surface area (Å²) in [6.45, 7) is 8.93. The number of benzene rings is 1. The molecule has 0 aliphatic rings. The summed E-state index contributed by atoms with van der Waals surface area (Å²) in [4.78, 5) is 2.38. The first kappa shape index (κ1) is 17.0. The predicted octanol–water partition coefficient (Wildman–Crippen LogP) is 3.03. The number of nitrogens with one attached hydrogen (secondary N) is 1. The maximum absolute atomic E-state index is 9.24. The number of hydrogen-bond donors (Lipinski definition) is 2. The van der Waals surface area contributed by atoms with E-state index < -0.39 is 0 Å². The van der Waals surface area contributed by atoms with Crippen LogP contribution in [-0.2, 0) is 6.42 Å². The summed E-state index contributed by atoms with van der Waals surface area (Å²) in [7, 11) is 2.18. The molecule has 20 heavy (non-hydrogen) atoms. The van der Waals surface area contributed by atoms with Crippen LogP contribution < -0.4 is 5.32 Å². The second kappa shape index (κ2) is 8.98. The highest BCUT2D eigenvalue weighted by molar-refractivity contribution is 5.25. The molecule has 0 bridgehead atoms. The maximum Gasteiger partial charge on any atom is 0.115 e. The third-order valence-corrected chi connectivity index (χ3v) is 3.86. The SMILES string of the molecule is CC(CCc1ccc(O)cc1)NCCCN(C)C(C)C. The van der Waals surface area contributed by atoms with E-state index in [0.717, 1.165) is 25.9 Å². The lowest BCUT2D eigenvalue weighted by atomic mass is 10.1. The van der Waals surface area contributed by atoms with E-state index >= 15 is 0 Å². The van der Waals surface area contributed by atoms with Crippen molar-refractivity contribution in [2.75, 3.05) is 20.1 Å². The fraction of sp³-hybridized carbons (Fsp3) is 0.647. The van der Waals surface area contributed by atoms with Crippen LogP contribution in [0.1, 0.15) is 39.2 Å². The van der Waals surface area contributed by atoms with Crippen LogP contribution in [0, 0.1) is 0 Å². The Kier molecular flexibility index (Phi) is 7.63. The number of rotatable bonds is 9. The Balaban J connectivity index is 2.11. The molecular formula is C17H30N2O. The van der Waals surface area contributed by atoms with Gasteiger partial charge in [0.1, 0.15) is 5.75 Å². The van der Waals surface area contributed by atoms with Gasteiger partial charge < -0.3 is 15.3 Å². The van der Waals surface area contributed by atoms with Crippen LogP contribution in [0.3, 0.4) is 0 Å². The average molecular weight is 278 g/mol. The first-order valence-electron chi connectivity index (χ1n) is 7.70. The van der Waals surface area contributed by atoms with Gasteiger partial charge in [0.2, 0.25) is 0 Å². The zero-order valence-electron chi connectivity index (χ0n) is 13.4. The first-order chi connectivity index (χ1) is 9.49. The lowest BCUT2D eigenvalue weighted by Crippen LogP contribution is -2.32. The van der Waals surface area contributed by atoms with Crippen LogP contribution >= 0.6 is 0 Å². The van der Waals surface area contributed by atoms with Crippen molar-refractivity contribution >= 4 is 0 Å². The van der Waals surface area contributed by atoms with Gasteiger partial charge in [-0.25, -0.2) is 0 Å². The van der Waals surface area contributed by atoms with Crippen molar-refractivity contribution in [3.63, 3.8) is 0 Å². The minimum absolute atomic E-state index is 0.342. The fourth-order valence-electron chi connectivity index (χ4n) is 2.08. The Bertz CT molecular complexity index is 362. The summed E-state index contributed by atoms with van der Waals surface area (Å²) in [6.07, 6.45) is 3.38. The van der Waals surface area contributed by atoms with Gasteiger partial charge in [-0.1, -0.05) is 12.1 Å². The molecule has 0 aromatic heterocycles. The summed E-state index contributed by atoms with van der Waals surface area (Å²) in [5.41, 5.74) is 1.29. The van der Waals surface area contributed by atoms with Gasteiger partial charge in [-0.05, 0) is 77.9 Å². The lowest BCUT2D eigenvalue weighted by molar-refractivity contribution is 0.268. The molecule has 0 saturated carbocycles. The van der Waals surface area contributed by atoms with Crippen molar-refractivity contribution in [2.45, 2.75) is 52.1 Å². The van der Waals surface area contributed by atoms with Crippen molar-refractivity contribution in [3.05, 3.63) is 29.8 Å². The summed E-state index contributed by atoms with van der Waals surface area (Å²) < 4.78 is 0. The van der Waals surface area contributed by atoms with E-state index in [0.29, 0.717) is 17.8 Å². The molecule has 0 spiro atoms. The molecule has 1 atom stereocenters. The quantitative estimate of drug-likeness (QED) is 0.682. The average Bonchev–Trinajstić information content (AvgIpc) is 2.42. The molecule has 0 heterocycles. The molecule has 0 fully saturated rings. The van der Waals surface area contributed by atoms with E-state index in [1.165, 1.54) is 12.0 Å². The minimum Gasteiger partial charge on any atom is -0.508 e. The highest BCUT2D eigenvalue weighted by Gasteiger charge is 2.04. The van der Waals surface area contributed by atoms with Crippen LogP contribution in [0.15, 0.2) is 24.3 Å². The van der Waals surface area contributed by atoms with Gasteiger partial charge in [0, 0.05) is 12.1 Å². The number of hydrogen-bond acceptors (Lipinski definition) is 3.